The Morgan fingerprint density at radius 2 is 1.85 bits per heavy atom. The van der Waals surface area contributed by atoms with E-state index in [2.05, 4.69) is 6.92 Å². The maximum atomic E-state index is 13.4. The van der Waals surface area contributed by atoms with Gasteiger partial charge in [0, 0.05) is 12.3 Å². The fraction of sp³-hybridized carbons (Fsp3) is 0.455. The highest BCUT2D eigenvalue weighted by Gasteiger charge is 2.28. The van der Waals surface area contributed by atoms with Gasteiger partial charge in [-0.15, -0.1) is 0 Å². The van der Waals surface area contributed by atoms with Crippen LogP contribution >= 0.6 is 0 Å². The quantitative estimate of drug-likeness (QED) is 0.671. The number of rotatable bonds is 6. The number of halogens is 1. The molecule has 2 aromatic rings. The van der Waals surface area contributed by atoms with Crippen molar-refractivity contribution < 1.29 is 17.5 Å². The molecule has 1 aliphatic rings. The van der Waals surface area contributed by atoms with Crippen molar-refractivity contribution in [3.8, 4) is 5.75 Å². The van der Waals surface area contributed by atoms with E-state index in [0.717, 1.165) is 31.2 Å². The summed E-state index contributed by atoms with van der Waals surface area (Å²) < 4.78 is 42.0. The van der Waals surface area contributed by atoms with E-state index < -0.39 is 9.84 Å². The molecule has 146 valence electrons. The molecule has 3 rings (SSSR count). The average molecular weight is 391 g/mol. The summed E-state index contributed by atoms with van der Waals surface area (Å²) in [4.78, 5) is 0.373. The molecule has 0 amide bonds. The van der Waals surface area contributed by atoms with E-state index in [1.54, 1.807) is 19.2 Å². The molecule has 0 aliphatic heterocycles. The predicted octanol–water partition coefficient (Wildman–Crippen LogP) is 5.32. The molecule has 27 heavy (non-hydrogen) atoms. The van der Waals surface area contributed by atoms with E-state index in [4.69, 9.17) is 4.74 Å². The number of methoxy groups -OCH3 is 1. The summed E-state index contributed by atoms with van der Waals surface area (Å²) in [6.45, 7) is 2.17. The fourth-order valence-corrected chi connectivity index (χ4v) is 4.93. The van der Waals surface area contributed by atoms with E-state index in [1.165, 1.54) is 24.0 Å². The molecule has 1 aliphatic carbocycles. The van der Waals surface area contributed by atoms with Crippen molar-refractivity contribution in [3.05, 3.63) is 59.4 Å². The lowest BCUT2D eigenvalue weighted by molar-refractivity contribution is 0.392. The van der Waals surface area contributed by atoms with Crippen LogP contribution < -0.4 is 4.74 Å². The minimum atomic E-state index is -3.15. The Morgan fingerprint density at radius 3 is 2.48 bits per heavy atom. The lowest BCUT2D eigenvalue weighted by atomic mass is 9.87. The topological polar surface area (TPSA) is 43.4 Å². The van der Waals surface area contributed by atoms with Crippen molar-refractivity contribution in [1.29, 1.82) is 0 Å². The SMILES string of the molecule is COc1cc(F)ccc1[C@@H](C)CC1CC[C@H](c2ccc(S(C)(=O)=O)cc2)C1. The molecular weight excluding hydrogens is 363 g/mol. The number of hydrogen-bond acceptors (Lipinski definition) is 3. The van der Waals surface area contributed by atoms with Crippen LogP contribution in [0.25, 0.3) is 0 Å². The number of sulfone groups is 1. The van der Waals surface area contributed by atoms with Crippen molar-refractivity contribution in [1.82, 2.24) is 0 Å². The van der Waals surface area contributed by atoms with Gasteiger partial charge in [-0.05, 0) is 72.8 Å². The summed E-state index contributed by atoms with van der Waals surface area (Å²) in [5.74, 6) is 1.73. The molecular formula is C22H27FO3S. The molecule has 2 aromatic carbocycles. The van der Waals surface area contributed by atoms with Gasteiger partial charge in [-0.1, -0.05) is 25.1 Å². The second-order valence-corrected chi connectivity index (χ2v) is 9.76. The van der Waals surface area contributed by atoms with Crippen LogP contribution in [-0.4, -0.2) is 21.8 Å². The molecule has 0 radical (unpaired) electrons. The van der Waals surface area contributed by atoms with Gasteiger partial charge >= 0.3 is 0 Å². The number of ether oxygens (including phenoxy) is 1. The van der Waals surface area contributed by atoms with E-state index in [-0.39, 0.29) is 5.82 Å². The van der Waals surface area contributed by atoms with Crippen LogP contribution in [0.1, 0.15) is 55.6 Å². The fourth-order valence-electron chi connectivity index (χ4n) is 4.30. The summed E-state index contributed by atoms with van der Waals surface area (Å²) in [6, 6.07) is 12.1. The Kier molecular flexibility index (Phi) is 5.89. The van der Waals surface area contributed by atoms with Crippen LogP contribution in [0.2, 0.25) is 0 Å². The van der Waals surface area contributed by atoms with Crippen LogP contribution in [0.4, 0.5) is 4.39 Å². The predicted molar refractivity (Wildman–Crippen MR) is 106 cm³/mol. The molecule has 0 saturated heterocycles. The summed E-state index contributed by atoms with van der Waals surface area (Å²) in [5.41, 5.74) is 2.27. The molecule has 0 spiro atoms. The molecule has 1 fully saturated rings. The lowest BCUT2D eigenvalue weighted by Crippen LogP contribution is -2.05. The van der Waals surface area contributed by atoms with Crippen LogP contribution in [0.3, 0.4) is 0 Å². The number of hydrogen-bond donors (Lipinski definition) is 0. The van der Waals surface area contributed by atoms with Crippen LogP contribution in [0.5, 0.6) is 5.75 Å². The maximum absolute atomic E-state index is 13.4. The first-order valence-electron chi connectivity index (χ1n) is 9.41. The second kappa shape index (κ2) is 8.01. The Morgan fingerprint density at radius 1 is 1.15 bits per heavy atom. The minimum absolute atomic E-state index is 0.277. The van der Waals surface area contributed by atoms with Crippen LogP contribution in [-0.2, 0) is 9.84 Å². The van der Waals surface area contributed by atoms with Crippen molar-refractivity contribution in [3.63, 3.8) is 0 Å². The summed E-state index contributed by atoms with van der Waals surface area (Å²) >= 11 is 0. The molecule has 0 aromatic heterocycles. The van der Waals surface area contributed by atoms with E-state index in [1.807, 2.05) is 18.2 Å². The Hall–Kier alpha value is -1.88. The molecule has 1 saturated carbocycles. The lowest BCUT2D eigenvalue weighted by Gasteiger charge is -2.19. The second-order valence-electron chi connectivity index (χ2n) is 7.74. The Bertz CT molecular complexity index is 890. The highest BCUT2D eigenvalue weighted by molar-refractivity contribution is 7.90. The van der Waals surface area contributed by atoms with Gasteiger partial charge in [0.15, 0.2) is 9.84 Å². The van der Waals surface area contributed by atoms with E-state index in [0.29, 0.717) is 28.4 Å². The smallest absolute Gasteiger partial charge is 0.175 e. The molecule has 1 unspecified atom stereocenters. The normalized spacial score (nSPS) is 21.2. The Balaban J connectivity index is 1.64. The van der Waals surface area contributed by atoms with Crippen molar-refractivity contribution >= 4 is 9.84 Å². The van der Waals surface area contributed by atoms with Gasteiger partial charge in [-0.25, -0.2) is 12.8 Å². The first-order chi connectivity index (χ1) is 12.8. The van der Waals surface area contributed by atoms with Crippen molar-refractivity contribution in [2.24, 2.45) is 5.92 Å². The largest absolute Gasteiger partial charge is 0.496 e. The van der Waals surface area contributed by atoms with Gasteiger partial charge in [-0.3, -0.25) is 0 Å². The summed E-state index contributed by atoms with van der Waals surface area (Å²) in [5, 5.41) is 0. The average Bonchev–Trinajstić information content (AvgIpc) is 3.09. The zero-order chi connectivity index (χ0) is 19.6. The van der Waals surface area contributed by atoms with Gasteiger partial charge in [0.05, 0.1) is 12.0 Å². The monoisotopic (exact) mass is 390 g/mol. The minimum Gasteiger partial charge on any atom is -0.496 e. The summed E-state index contributed by atoms with van der Waals surface area (Å²) in [7, 11) is -1.57. The van der Waals surface area contributed by atoms with E-state index >= 15 is 0 Å². The van der Waals surface area contributed by atoms with Gasteiger partial charge < -0.3 is 4.74 Å². The first-order valence-corrected chi connectivity index (χ1v) is 11.3. The molecule has 3 nitrogen and oxygen atoms in total. The zero-order valence-electron chi connectivity index (χ0n) is 16.1. The maximum Gasteiger partial charge on any atom is 0.175 e. The standard InChI is InChI=1S/C22H27FO3S/c1-15(21-11-8-19(23)14-22(21)26-2)12-16-4-5-18(13-16)17-6-9-20(10-7-17)27(3,24)25/h6-11,14-16,18H,4-5,12-13H2,1-3H3/t15-,16?,18-/m0/s1. The molecule has 5 heteroatoms. The molecule has 3 atom stereocenters. The van der Waals surface area contributed by atoms with Gasteiger partial charge in [0.1, 0.15) is 11.6 Å². The Labute approximate surface area is 161 Å². The van der Waals surface area contributed by atoms with Crippen LogP contribution in [0.15, 0.2) is 47.4 Å². The third-order valence-corrected chi connectivity index (χ3v) is 6.86. The van der Waals surface area contributed by atoms with Gasteiger partial charge in [0.2, 0.25) is 0 Å². The highest BCUT2D eigenvalue weighted by Crippen LogP contribution is 2.43. The highest BCUT2D eigenvalue weighted by atomic mass is 32.2. The third kappa shape index (κ3) is 4.70. The van der Waals surface area contributed by atoms with Crippen LogP contribution in [0, 0.1) is 11.7 Å². The van der Waals surface area contributed by atoms with E-state index in [9.17, 15) is 12.8 Å². The zero-order valence-corrected chi connectivity index (χ0v) is 16.9. The third-order valence-electron chi connectivity index (χ3n) is 5.73. The molecule has 0 bridgehead atoms. The molecule has 0 N–H and O–H groups in total. The van der Waals surface area contributed by atoms with Crippen molar-refractivity contribution in [2.45, 2.75) is 49.3 Å². The van der Waals surface area contributed by atoms with Gasteiger partial charge in [-0.2, -0.15) is 0 Å². The molecule has 0 heterocycles. The first kappa shape index (κ1) is 19.9. The van der Waals surface area contributed by atoms with Crippen molar-refractivity contribution in [2.75, 3.05) is 13.4 Å². The van der Waals surface area contributed by atoms with Gasteiger partial charge in [0.25, 0.3) is 0 Å². The number of benzene rings is 2. The summed E-state index contributed by atoms with van der Waals surface area (Å²) in [6.07, 6.45) is 5.66.